The Bertz CT molecular complexity index is 707. The molecule has 0 aliphatic rings. The van der Waals surface area contributed by atoms with Crippen LogP contribution in [0.5, 0.6) is 0 Å². The van der Waals surface area contributed by atoms with Gasteiger partial charge in [0, 0.05) is 5.69 Å². The highest BCUT2D eigenvalue weighted by Gasteiger charge is 2.17. The molecule has 0 aromatic heterocycles. The van der Waals surface area contributed by atoms with E-state index in [0.717, 1.165) is 0 Å². The van der Waals surface area contributed by atoms with Crippen LogP contribution in [0.15, 0.2) is 42.5 Å². The lowest BCUT2D eigenvalue weighted by Crippen LogP contribution is -2.21. The fourth-order valence-electron chi connectivity index (χ4n) is 1.61. The van der Waals surface area contributed by atoms with Gasteiger partial charge in [0.05, 0.1) is 10.6 Å². The van der Waals surface area contributed by atoms with E-state index in [1.54, 1.807) is 30.3 Å². The fourth-order valence-corrected chi connectivity index (χ4v) is 1.83. The van der Waals surface area contributed by atoms with Crippen LogP contribution in [0.1, 0.15) is 10.4 Å². The SMILES string of the molecule is O=C(COC(=O)c1cc(F)c(F)cc1Cl)Nc1ccccc1. The van der Waals surface area contributed by atoms with Crippen LogP contribution >= 0.6 is 11.6 Å². The summed E-state index contributed by atoms with van der Waals surface area (Å²) < 4.78 is 30.7. The maximum Gasteiger partial charge on any atom is 0.340 e. The molecule has 0 aliphatic heterocycles. The molecule has 1 amide bonds. The quantitative estimate of drug-likeness (QED) is 0.692. The number of nitrogens with one attached hydrogen (secondary N) is 1. The van der Waals surface area contributed by atoms with Crippen molar-refractivity contribution in [3.8, 4) is 0 Å². The second-order valence-corrected chi connectivity index (χ2v) is 4.64. The molecule has 2 rings (SSSR count). The highest BCUT2D eigenvalue weighted by atomic mass is 35.5. The third-order valence-electron chi connectivity index (χ3n) is 2.62. The molecular formula is C15H10ClF2NO3. The van der Waals surface area contributed by atoms with Crippen LogP contribution in [0.4, 0.5) is 14.5 Å². The van der Waals surface area contributed by atoms with Gasteiger partial charge >= 0.3 is 5.97 Å². The van der Waals surface area contributed by atoms with Crippen molar-refractivity contribution >= 4 is 29.2 Å². The Kier molecular flexibility index (Phi) is 5.06. The van der Waals surface area contributed by atoms with Gasteiger partial charge in [0.2, 0.25) is 0 Å². The lowest BCUT2D eigenvalue weighted by Gasteiger charge is -2.07. The van der Waals surface area contributed by atoms with E-state index in [-0.39, 0.29) is 10.6 Å². The number of hydrogen-bond donors (Lipinski definition) is 1. The number of benzene rings is 2. The number of ether oxygens (including phenoxy) is 1. The molecule has 2 aromatic rings. The highest BCUT2D eigenvalue weighted by molar-refractivity contribution is 6.33. The summed E-state index contributed by atoms with van der Waals surface area (Å²) in [5, 5.41) is 2.20. The number of anilines is 1. The topological polar surface area (TPSA) is 55.4 Å². The van der Waals surface area contributed by atoms with Gasteiger partial charge in [0.25, 0.3) is 5.91 Å². The van der Waals surface area contributed by atoms with Crippen molar-refractivity contribution in [3.63, 3.8) is 0 Å². The minimum atomic E-state index is -1.23. The molecule has 0 aliphatic carbocycles. The van der Waals surface area contributed by atoms with Gasteiger partial charge in [-0.2, -0.15) is 0 Å². The van der Waals surface area contributed by atoms with Crippen LogP contribution in [0.3, 0.4) is 0 Å². The zero-order valence-corrected chi connectivity index (χ0v) is 11.9. The van der Waals surface area contributed by atoms with E-state index >= 15 is 0 Å². The molecular weight excluding hydrogens is 316 g/mol. The molecule has 0 saturated heterocycles. The van der Waals surface area contributed by atoms with E-state index in [4.69, 9.17) is 16.3 Å². The summed E-state index contributed by atoms with van der Waals surface area (Å²) >= 11 is 5.63. The van der Waals surface area contributed by atoms with Gasteiger partial charge in [-0.05, 0) is 24.3 Å². The van der Waals surface area contributed by atoms with Gasteiger partial charge in [0.1, 0.15) is 0 Å². The summed E-state index contributed by atoms with van der Waals surface area (Å²) in [5.74, 6) is -4.00. The third kappa shape index (κ3) is 4.02. The summed E-state index contributed by atoms with van der Waals surface area (Å²) in [5.41, 5.74) is 0.183. The first-order valence-electron chi connectivity index (χ1n) is 6.14. The summed E-state index contributed by atoms with van der Waals surface area (Å²) in [6.45, 7) is -0.580. The normalized spacial score (nSPS) is 10.1. The van der Waals surface area contributed by atoms with Gasteiger partial charge in [-0.15, -0.1) is 0 Å². The highest BCUT2D eigenvalue weighted by Crippen LogP contribution is 2.20. The van der Waals surface area contributed by atoms with Crippen molar-refractivity contribution < 1.29 is 23.1 Å². The Morgan fingerprint density at radius 3 is 2.41 bits per heavy atom. The largest absolute Gasteiger partial charge is 0.452 e. The zero-order valence-electron chi connectivity index (χ0n) is 11.1. The van der Waals surface area contributed by atoms with Crippen molar-refractivity contribution in [2.45, 2.75) is 0 Å². The monoisotopic (exact) mass is 325 g/mol. The Morgan fingerprint density at radius 2 is 1.73 bits per heavy atom. The molecule has 0 bridgehead atoms. The number of carbonyl (C=O) groups is 2. The first kappa shape index (κ1) is 15.9. The first-order valence-corrected chi connectivity index (χ1v) is 6.51. The van der Waals surface area contributed by atoms with Crippen molar-refractivity contribution in [1.82, 2.24) is 0 Å². The lowest BCUT2D eigenvalue weighted by atomic mass is 10.2. The van der Waals surface area contributed by atoms with Crippen LogP contribution in [-0.2, 0) is 9.53 Å². The van der Waals surface area contributed by atoms with E-state index in [0.29, 0.717) is 17.8 Å². The van der Waals surface area contributed by atoms with Gasteiger partial charge in [-0.25, -0.2) is 13.6 Å². The second-order valence-electron chi connectivity index (χ2n) is 4.24. The van der Waals surface area contributed by atoms with Crippen LogP contribution in [0.2, 0.25) is 5.02 Å². The second kappa shape index (κ2) is 7.00. The van der Waals surface area contributed by atoms with Crippen molar-refractivity contribution in [2.24, 2.45) is 0 Å². The van der Waals surface area contributed by atoms with Crippen LogP contribution in [0, 0.1) is 11.6 Å². The summed E-state index contributed by atoms with van der Waals surface area (Å²) in [6.07, 6.45) is 0. The molecule has 1 N–H and O–H groups in total. The molecule has 0 heterocycles. The van der Waals surface area contributed by atoms with Gasteiger partial charge in [-0.3, -0.25) is 4.79 Å². The number of esters is 1. The number of para-hydroxylation sites is 1. The fraction of sp³-hybridized carbons (Fsp3) is 0.0667. The summed E-state index contributed by atoms with van der Waals surface area (Å²) in [7, 11) is 0. The number of halogens is 3. The average molecular weight is 326 g/mol. The Morgan fingerprint density at radius 1 is 1.09 bits per heavy atom. The molecule has 7 heteroatoms. The van der Waals surface area contributed by atoms with Gasteiger partial charge < -0.3 is 10.1 Å². The standard InChI is InChI=1S/C15H10ClF2NO3/c16-11-7-13(18)12(17)6-10(11)15(21)22-8-14(20)19-9-4-2-1-3-5-9/h1-7H,8H2,(H,19,20). The smallest absolute Gasteiger partial charge is 0.340 e. The molecule has 4 nitrogen and oxygen atoms in total. The minimum Gasteiger partial charge on any atom is -0.452 e. The van der Waals surface area contributed by atoms with E-state index in [2.05, 4.69) is 5.32 Å². The number of amides is 1. The van der Waals surface area contributed by atoms with Crippen LogP contribution < -0.4 is 5.32 Å². The number of hydrogen-bond acceptors (Lipinski definition) is 3. The molecule has 0 saturated carbocycles. The number of carbonyl (C=O) groups excluding carboxylic acids is 2. The predicted molar refractivity (Wildman–Crippen MR) is 76.7 cm³/mol. The minimum absolute atomic E-state index is 0.299. The first-order chi connectivity index (χ1) is 10.5. The molecule has 0 unspecified atom stereocenters. The van der Waals surface area contributed by atoms with E-state index in [1.165, 1.54) is 0 Å². The Labute approximate surface area is 129 Å². The number of rotatable bonds is 4. The van der Waals surface area contributed by atoms with E-state index in [1.807, 2.05) is 0 Å². The lowest BCUT2D eigenvalue weighted by molar-refractivity contribution is -0.119. The van der Waals surface area contributed by atoms with Gasteiger partial charge in [0.15, 0.2) is 18.2 Å². The Hall–Kier alpha value is -2.47. The molecule has 0 fully saturated rings. The zero-order chi connectivity index (χ0) is 16.1. The van der Waals surface area contributed by atoms with Crippen molar-refractivity contribution in [3.05, 3.63) is 64.7 Å². The predicted octanol–water partition coefficient (Wildman–Crippen LogP) is 3.41. The van der Waals surface area contributed by atoms with Crippen molar-refractivity contribution in [2.75, 3.05) is 11.9 Å². The maximum absolute atomic E-state index is 13.1. The summed E-state index contributed by atoms with van der Waals surface area (Å²) in [4.78, 5) is 23.3. The van der Waals surface area contributed by atoms with Crippen LogP contribution in [-0.4, -0.2) is 18.5 Å². The molecule has 22 heavy (non-hydrogen) atoms. The molecule has 0 atom stereocenters. The molecule has 114 valence electrons. The maximum atomic E-state index is 13.1. The van der Waals surface area contributed by atoms with E-state index < -0.39 is 30.1 Å². The molecule has 2 aromatic carbocycles. The average Bonchev–Trinajstić information content (AvgIpc) is 2.49. The van der Waals surface area contributed by atoms with E-state index in [9.17, 15) is 18.4 Å². The van der Waals surface area contributed by atoms with Crippen LogP contribution in [0.25, 0.3) is 0 Å². The summed E-state index contributed by atoms with van der Waals surface area (Å²) in [6, 6.07) is 9.83. The van der Waals surface area contributed by atoms with Crippen molar-refractivity contribution in [1.29, 1.82) is 0 Å². The molecule has 0 spiro atoms. The van der Waals surface area contributed by atoms with Gasteiger partial charge in [-0.1, -0.05) is 29.8 Å². The Balaban J connectivity index is 1.95. The third-order valence-corrected chi connectivity index (χ3v) is 2.93. The molecule has 0 radical (unpaired) electrons.